The van der Waals surface area contributed by atoms with Crippen molar-refractivity contribution in [2.75, 3.05) is 5.75 Å². The molecular weight excluding hydrogens is 310 g/mol. The van der Waals surface area contributed by atoms with E-state index in [2.05, 4.69) is 10.3 Å². The number of carbonyl (C=O) groups is 2. The number of furan rings is 1. The zero-order valence-electron chi connectivity index (χ0n) is 11.4. The minimum Gasteiger partial charge on any atom is -0.467 e. The van der Waals surface area contributed by atoms with Gasteiger partial charge in [-0.3, -0.25) is 9.59 Å². The van der Waals surface area contributed by atoms with Crippen molar-refractivity contribution in [3.05, 3.63) is 34.7 Å². The Morgan fingerprint density at radius 1 is 1.52 bits per heavy atom. The van der Waals surface area contributed by atoms with E-state index in [9.17, 15) is 9.59 Å². The molecule has 0 atom stereocenters. The molecule has 0 unspecified atom stereocenters. The van der Waals surface area contributed by atoms with Crippen LogP contribution in [-0.2, 0) is 22.6 Å². The molecule has 0 aliphatic heterocycles. The van der Waals surface area contributed by atoms with Crippen molar-refractivity contribution >= 4 is 34.9 Å². The number of hydrogen-bond donors (Lipinski definition) is 2. The van der Waals surface area contributed by atoms with Crippen LogP contribution in [0, 0.1) is 6.92 Å². The van der Waals surface area contributed by atoms with Gasteiger partial charge < -0.3 is 15.5 Å². The standard InChI is InChI=1S/C13H15N3O3S2/c1-8-10(5-11(14)17)21-13(16-8)20-7-12(18)15-6-9-3-2-4-19-9/h2-4H,5-7H2,1H3,(H2,14,17)(H,15,18). The average molecular weight is 325 g/mol. The molecule has 0 aliphatic carbocycles. The number of nitrogens with two attached hydrogens (primary N) is 1. The Morgan fingerprint density at radius 2 is 2.33 bits per heavy atom. The number of amides is 2. The molecule has 0 aromatic carbocycles. The molecule has 2 amide bonds. The zero-order valence-corrected chi connectivity index (χ0v) is 13.1. The van der Waals surface area contributed by atoms with Crippen molar-refractivity contribution in [2.24, 2.45) is 5.73 Å². The maximum Gasteiger partial charge on any atom is 0.230 e. The van der Waals surface area contributed by atoms with Gasteiger partial charge in [-0.1, -0.05) is 11.8 Å². The van der Waals surface area contributed by atoms with Gasteiger partial charge in [0.1, 0.15) is 5.76 Å². The normalized spacial score (nSPS) is 10.5. The van der Waals surface area contributed by atoms with Gasteiger partial charge in [0.2, 0.25) is 11.8 Å². The smallest absolute Gasteiger partial charge is 0.230 e. The van der Waals surface area contributed by atoms with Gasteiger partial charge in [0.05, 0.1) is 30.7 Å². The minimum atomic E-state index is -0.380. The topological polar surface area (TPSA) is 98.2 Å². The van der Waals surface area contributed by atoms with E-state index in [0.717, 1.165) is 14.9 Å². The van der Waals surface area contributed by atoms with E-state index in [1.165, 1.54) is 23.1 Å². The number of nitrogens with zero attached hydrogens (tertiary/aromatic N) is 1. The van der Waals surface area contributed by atoms with Crippen molar-refractivity contribution in [1.29, 1.82) is 0 Å². The third kappa shape index (κ3) is 4.91. The van der Waals surface area contributed by atoms with E-state index >= 15 is 0 Å². The van der Waals surface area contributed by atoms with E-state index in [1.54, 1.807) is 18.4 Å². The number of hydrogen-bond acceptors (Lipinski definition) is 6. The lowest BCUT2D eigenvalue weighted by Crippen LogP contribution is -2.24. The first-order chi connectivity index (χ1) is 10.0. The summed E-state index contributed by atoms with van der Waals surface area (Å²) < 4.78 is 5.89. The quantitative estimate of drug-likeness (QED) is 0.751. The van der Waals surface area contributed by atoms with Crippen molar-refractivity contribution < 1.29 is 14.0 Å². The molecule has 8 heteroatoms. The molecule has 0 spiro atoms. The van der Waals surface area contributed by atoms with E-state index in [1.807, 2.05) is 6.92 Å². The lowest BCUT2D eigenvalue weighted by Gasteiger charge is -2.01. The molecular formula is C13H15N3O3S2. The summed E-state index contributed by atoms with van der Waals surface area (Å²) >= 11 is 2.74. The molecule has 0 radical (unpaired) electrons. The summed E-state index contributed by atoms with van der Waals surface area (Å²) in [4.78, 5) is 27.8. The Morgan fingerprint density at radius 3 is 3.00 bits per heavy atom. The molecule has 0 bridgehead atoms. The van der Waals surface area contributed by atoms with Crippen LogP contribution < -0.4 is 11.1 Å². The molecule has 6 nitrogen and oxygen atoms in total. The lowest BCUT2D eigenvalue weighted by molar-refractivity contribution is -0.119. The molecule has 2 aromatic rings. The predicted molar refractivity (Wildman–Crippen MR) is 81.0 cm³/mol. The van der Waals surface area contributed by atoms with Crippen LogP contribution in [0.4, 0.5) is 0 Å². The highest BCUT2D eigenvalue weighted by atomic mass is 32.2. The van der Waals surface area contributed by atoms with Gasteiger partial charge in [-0.15, -0.1) is 11.3 Å². The summed E-state index contributed by atoms with van der Waals surface area (Å²) in [5, 5.41) is 2.76. The maximum atomic E-state index is 11.7. The van der Waals surface area contributed by atoms with Gasteiger partial charge in [-0.25, -0.2) is 4.98 Å². The Hall–Kier alpha value is -1.80. The molecule has 112 valence electrons. The number of thiazole rings is 1. The van der Waals surface area contributed by atoms with E-state index in [4.69, 9.17) is 10.2 Å². The minimum absolute atomic E-state index is 0.0966. The second-order valence-corrected chi connectivity index (χ2v) is 6.58. The fourth-order valence-corrected chi connectivity index (χ4v) is 3.64. The number of carbonyl (C=O) groups excluding carboxylic acids is 2. The summed E-state index contributed by atoms with van der Waals surface area (Å²) in [6, 6.07) is 3.57. The van der Waals surface area contributed by atoms with Crippen LogP contribution in [0.5, 0.6) is 0 Å². The molecule has 0 saturated heterocycles. The van der Waals surface area contributed by atoms with Crippen molar-refractivity contribution in [2.45, 2.75) is 24.2 Å². The first-order valence-corrected chi connectivity index (χ1v) is 8.01. The molecule has 2 heterocycles. The Labute approximate surface area is 130 Å². The van der Waals surface area contributed by atoms with Crippen LogP contribution in [0.1, 0.15) is 16.3 Å². The monoisotopic (exact) mass is 325 g/mol. The summed E-state index contributed by atoms with van der Waals surface area (Å²) in [5.74, 6) is 0.501. The fraction of sp³-hybridized carbons (Fsp3) is 0.308. The summed E-state index contributed by atoms with van der Waals surface area (Å²) in [5.41, 5.74) is 5.96. The maximum absolute atomic E-state index is 11.7. The van der Waals surface area contributed by atoms with Gasteiger partial charge in [-0.05, 0) is 19.1 Å². The number of aryl methyl sites for hydroxylation is 1. The number of primary amides is 1. The first-order valence-electron chi connectivity index (χ1n) is 6.21. The van der Waals surface area contributed by atoms with Crippen molar-refractivity contribution in [3.63, 3.8) is 0 Å². The zero-order chi connectivity index (χ0) is 15.2. The highest BCUT2D eigenvalue weighted by Crippen LogP contribution is 2.27. The third-order valence-electron chi connectivity index (χ3n) is 2.57. The van der Waals surface area contributed by atoms with Gasteiger partial charge >= 0.3 is 0 Å². The van der Waals surface area contributed by atoms with E-state index in [-0.39, 0.29) is 24.0 Å². The van der Waals surface area contributed by atoms with Crippen LogP contribution in [-0.4, -0.2) is 22.6 Å². The average Bonchev–Trinajstić information content (AvgIpc) is 3.04. The second kappa shape index (κ2) is 7.28. The molecule has 0 aliphatic rings. The molecule has 3 N–H and O–H groups in total. The highest BCUT2D eigenvalue weighted by Gasteiger charge is 2.12. The van der Waals surface area contributed by atoms with Gasteiger partial charge in [0, 0.05) is 4.88 Å². The van der Waals surface area contributed by atoms with Crippen LogP contribution in [0.15, 0.2) is 27.2 Å². The summed E-state index contributed by atoms with van der Waals surface area (Å²) in [6.07, 6.45) is 1.75. The Kier molecular flexibility index (Phi) is 5.40. The largest absolute Gasteiger partial charge is 0.467 e. The summed E-state index contributed by atoms with van der Waals surface area (Å²) in [6.45, 7) is 2.20. The van der Waals surface area contributed by atoms with Gasteiger partial charge in [0.25, 0.3) is 0 Å². The highest BCUT2D eigenvalue weighted by molar-refractivity contribution is 8.01. The van der Waals surface area contributed by atoms with Crippen LogP contribution in [0.3, 0.4) is 0 Å². The number of aromatic nitrogens is 1. The van der Waals surface area contributed by atoms with Crippen LogP contribution in [0.25, 0.3) is 0 Å². The second-order valence-electron chi connectivity index (χ2n) is 4.28. The Bertz CT molecular complexity index is 623. The van der Waals surface area contributed by atoms with Gasteiger partial charge in [-0.2, -0.15) is 0 Å². The number of thioether (sulfide) groups is 1. The van der Waals surface area contributed by atoms with Crippen LogP contribution in [0.2, 0.25) is 0 Å². The lowest BCUT2D eigenvalue weighted by atomic mass is 10.3. The number of rotatable bonds is 7. The molecule has 0 saturated carbocycles. The van der Waals surface area contributed by atoms with E-state index < -0.39 is 0 Å². The fourth-order valence-electron chi connectivity index (χ4n) is 1.56. The van der Waals surface area contributed by atoms with Crippen molar-refractivity contribution in [3.8, 4) is 0 Å². The third-order valence-corrected chi connectivity index (χ3v) is 4.87. The molecule has 2 aromatic heterocycles. The SMILES string of the molecule is Cc1nc(SCC(=O)NCc2ccco2)sc1CC(N)=O. The van der Waals surface area contributed by atoms with E-state index in [0.29, 0.717) is 12.3 Å². The molecule has 21 heavy (non-hydrogen) atoms. The summed E-state index contributed by atoms with van der Waals surface area (Å²) in [7, 11) is 0. The molecule has 0 fully saturated rings. The van der Waals surface area contributed by atoms with Gasteiger partial charge in [0.15, 0.2) is 4.34 Å². The Balaban J connectivity index is 1.79. The number of nitrogens with one attached hydrogen (secondary N) is 1. The molecule has 2 rings (SSSR count). The predicted octanol–water partition coefficient (Wildman–Crippen LogP) is 1.48. The van der Waals surface area contributed by atoms with Crippen molar-refractivity contribution in [1.82, 2.24) is 10.3 Å². The first kappa shape index (κ1) is 15.6. The van der Waals surface area contributed by atoms with Crippen LogP contribution >= 0.6 is 23.1 Å².